The van der Waals surface area contributed by atoms with Crippen LogP contribution in [0, 0.1) is 16.7 Å². The maximum absolute atomic E-state index is 5.81. The average molecular weight is 248 g/mol. The molecule has 100 valence electrons. The first-order valence-electron chi connectivity index (χ1n) is 6.47. The molecule has 0 bridgehead atoms. The molecule has 0 saturated heterocycles. The van der Waals surface area contributed by atoms with Gasteiger partial charge in [-0.1, -0.05) is 45.9 Å². The molecule has 0 aliphatic heterocycles. The molecule has 1 aromatic rings. The summed E-state index contributed by atoms with van der Waals surface area (Å²) >= 11 is 0. The topological polar surface area (TPSA) is 47.3 Å². The van der Waals surface area contributed by atoms with E-state index in [1.54, 1.807) is 7.11 Å². The van der Waals surface area contributed by atoms with E-state index >= 15 is 0 Å². The van der Waals surface area contributed by atoms with E-state index in [1.165, 1.54) is 0 Å². The van der Waals surface area contributed by atoms with Gasteiger partial charge in [-0.3, -0.25) is 11.3 Å². The summed E-state index contributed by atoms with van der Waals surface area (Å²) in [5, 5.41) is 0. The first-order chi connectivity index (χ1) is 8.37. The van der Waals surface area contributed by atoms with Crippen molar-refractivity contribution in [3.05, 3.63) is 29.8 Å². The Bertz CT molecular complexity index is 426. The van der Waals surface area contributed by atoms with Crippen molar-refractivity contribution in [2.45, 2.75) is 33.7 Å². The van der Waals surface area contributed by atoms with Crippen molar-refractivity contribution in [2.75, 3.05) is 7.11 Å². The summed E-state index contributed by atoms with van der Waals surface area (Å²) in [5.74, 6) is 7.21. The van der Waals surface area contributed by atoms with Crippen molar-refractivity contribution < 1.29 is 4.74 Å². The number of rotatable bonds is 4. The summed E-state index contributed by atoms with van der Waals surface area (Å²) in [6.45, 7) is 9.21. The van der Waals surface area contributed by atoms with E-state index < -0.39 is 0 Å². The van der Waals surface area contributed by atoms with E-state index in [4.69, 9.17) is 10.6 Å². The Morgan fingerprint density at radius 3 is 2.17 bits per heavy atom. The van der Waals surface area contributed by atoms with Crippen LogP contribution in [0.25, 0.3) is 0 Å². The van der Waals surface area contributed by atoms with Crippen molar-refractivity contribution in [3.63, 3.8) is 0 Å². The number of nitrogens with two attached hydrogens (primary N) is 1. The Kier molecular flexibility index (Phi) is 3.16. The molecule has 0 amide bonds. The lowest BCUT2D eigenvalue weighted by molar-refractivity contribution is 0.373. The van der Waals surface area contributed by atoms with Gasteiger partial charge in [0.25, 0.3) is 0 Å². The van der Waals surface area contributed by atoms with Crippen molar-refractivity contribution in [1.29, 1.82) is 0 Å². The van der Waals surface area contributed by atoms with E-state index in [2.05, 4.69) is 39.2 Å². The second-order valence-corrected chi connectivity index (χ2v) is 6.31. The molecule has 1 aliphatic rings. The molecule has 1 saturated carbocycles. The Balaban J connectivity index is 2.37. The Morgan fingerprint density at radius 2 is 1.72 bits per heavy atom. The predicted octanol–water partition coefficient (Wildman–Crippen LogP) is 2.88. The highest BCUT2D eigenvalue weighted by Crippen LogP contribution is 2.72. The number of hydrazine groups is 1. The van der Waals surface area contributed by atoms with E-state index in [9.17, 15) is 0 Å². The lowest BCUT2D eigenvalue weighted by Crippen LogP contribution is -2.31. The van der Waals surface area contributed by atoms with Gasteiger partial charge in [-0.25, -0.2) is 0 Å². The highest BCUT2D eigenvalue weighted by atomic mass is 16.5. The molecule has 0 radical (unpaired) electrons. The van der Waals surface area contributed by atoms with Gasteiger partial charge in [-0.05, 0) is 22.8 Å². The minimum Gasteiger partial charge on any atom is -0.496 e. The fourth-order valence-electron chi connectivity index (χ4n) is 3.37. The summed E-state index contributed by atoms with van der Waals surface area (Å²) in [6.07, 6.45) is 0. The number of benzene rings is 1. The first kappa shape index (κ1) is 13.4. The van der Waals surface area contributed by atoms with Crippen LogP contribution in [0.2, 0.25) is 0 Å². The molecule has 0 heterocycles. The van der Waals surface area contributed by atoms with E-state index in [0.717, 1.165) is 11.3 Å². The molecule has 3 N–H and O–H groups in total. The number of para-hydroxylation sites is 1. The van der Waals surface area contributed by atoms with Gasteiger partial charge in [0.1, 0.15) is 5.75 Å². The lowest BCUT2D eigenvalue weighted by Gasteiger charge is -2.21. The monoisotopic (exact) mass is 248 g/mol. The van der Waals surface area contributed by atoms with Crippen LogP contribution in [-0.4, -0.2) is 7.11 Å². The number of nitrogens with one attached hydrogen (secondary N) is 1. The molecule has 18 heavy (non-hydrogen) atoms. The summed E-state index contributed by atoms with van der Waals surface area (Å²) in [4.78, 5) is 0. The van der Waals surface area contributed by atoms with Gasteiger partial charge in [0.2, 0.25) is 0 Å². The summed E-state index contributed by atoms with van der Waals surface area (Å²) in [5.41, 5.74) is 4.70. The van der Waals surface area contributed by atoms with Crippen LogP contribution in [0.4, 0.5) is 0 Å². The molecule has 1 aromatic carbocycles. The molecular formula is C15H24N2O. The molecule has 1 unspecified atom stereocenters. The molecule has 3 heteroatoms. The van der Waals surface area contributed by atoms with Crippen molar-refractivity contribution in [3.8, 4) is 5.75 Å². The fourth-order valence-corrected chi connectivity index (χ4v) is 3.37. The van der Waals surface area contributed by atoms with Crippen LogP contribution in [-0.2, 0) is 0 Å². The fraction of sp³-hybridized carbons (Fsp3) is 0.600. The zero-order valence-corrected chi connectivity index (χ0v) is 11.9. The maximum atomic E-state index is 5.81. The van der Waals surface area contributed by atoms with Crippen LogP contribution >= 0.6 is 0 Å². The lowest BCUT2D eigenvalue weighted by atomic mass is 9.96. The molecule has 1 fully saturated rings. The normalized spacial score (nSPS) is 22.6. The van der Waals surface area contributed by atoms with Crippen LogP contribution in [0.3, 0.4) is 0 Å². The molecule has 1 atom stereocenters. The highest BCUT2D eigenvalue weighted by Gasteiger charge is 2.67. The van der Waals surface area contributed by atoms with Crippen LogP contribution in [0.5, 0.6) is 5.75 Å². The molecule has 0 aromatic heterocycles. The number of hydrogen-bond donors (Lipinski definition) is 2. The van der Waals surface area contributed by atoms with Gasteiger partial charge in [-0.15, -0.1) is 0 Å². The Labute approximate surface area is 110 Å². The van der Waals surface area contributed by atoms with Gasteiger partial charge < -0.3 is 4.74 Å². The van der Waals surface area contributed by atoms with Crippen LogP contribution in [0.15, 0.2) is 24.3 Å². The molecule has 0 spiro atoms. The number of methoxy groups -OCH3 is 1. The largest absolute Gasteiger partial charge is 0.496 e. The third-order valence-electron chi connectivity index (χ3n) is 5.12. The van der Waals surface area contributed by atoms with Crippen molar-refractivity contribution in [1.82, 2.24) is 5.43 Å². The van der Waals surface area contributed by atoms with E-state index in [0.29, 0.717) is 5.92 Å². The van der Waals surface area contributed by atoms with Gasteiger partial charge in [-0.2, -0.15) is 0 Å². The third-order valence-corrected chi connectivity index (χ3v) is 5.12. The number of hydrogen-bond acceptors (Lipinski definition) is 3. The third kappa shape index (κ3) is 1.73. The predicted molar refractivity (Wildman–Crippen MR) is 74.1 cm³/mol. The van der Waals surface area contributed by atoms with Gasteiger partial charge in [0.15, 0.2) is 0 Å². The zero-order chi connectivity index (χ0) is 13.6. The molecule has 3 nitrogen and oxygen atoms in total. The van der Waals surface area contributed by atoms with E-state index in [1.807, 2.05) is 18.2 Å². The second-order valence-electron chi connectivity index (χ2n) is 6.31. The highest BCUT2D eigenvalue weighted by molar-refractivity contribution is 5.38. The summed E-state index contributed by atoms with van der Waals surface area (Å²) < 4.78 is 5.45. The van der Waals surface area contributed by atoms with Crippen molar-refractivity contribution in [2.24, 2.45) is 22.6 Å². The summed E-state index contributed by atoms with van der Waals surface area (Å²) in [6, 6.07) is 8.23. The van der Waals surface area contributed by atoms with Crippen molar-refractivity contribution >= 4 is 0 Å². The molecule has 2 rings (SSSR count). The van der Waals surface area contributed by atoms with E-state index in [-0.39, 0.29) is 16.9 Å². The number of ether oxygens (including phenoxy) is 1. The van der Waals surface area contributed by atoms with Gasteiger partial charge in [0, 0.05) is 5.56 Å². The SMILES string of the molecule is COc1ccccc1C(NN)C1C(C)(C)C1(C)C. The minimum absolute atomic E-state index is 0.131. The smallest absolute Gasteiger partial charge is 0.123 e. The first-order valence-corrected chi connectivity index (χ1v) is 6.47. The minimum atomic E-state index is 0.131. The molecule has 1 aliphatic carbocycles. The Hall–Kier alpha value is -1.06. The Morgan fingerprint density at radius 1 is 1.17 bits per heavy atom. The zero-order valence-electron chi connectivity index (χ0n) is 11.9. The van der Waals surface area contributed by atoms with Gasteiger partial charge >= 0.3 is 0 Å². The van der Waals surface area contributed by atoms with Crippen LogP contribution < -0.4 is 16.0 Å². The maximum Gasteiger partial charge on any atom is 0.123 e. The summed E-state index contributed by atoms with van der Waals surface area (Å²) in [7, 11) is 1.70. The standard InChI is InChI=1S/C15H24N2O/c1-14(2)13(15(14,3)4)12(17-16)10-8-6-7-9-11(10)18-5/h6-9,12-13,17H,16H2,1-5H3. The average Bonchev–Trinajstić information content (AvgIpc) is 2.74. The quantitative estimate of drug-likeness (QED) is 0.636. The molecular weight excluding hydrogens is 224 g/mol. The second kappa shape index (κ2) is 4.25. The van der Waals surface area contributed by atoms with Crippen LogP contribution in [0.1, 0.15) is 39.3 Å². The van der Waals surface area contributed by atoms with Gasteiger partial charge in [0.05, 0.1) is 13.2 Å².